The van der Waals surface area contributed by atoms with Gasteiger partial charge in [-0.05, 0) is 12.8 Å². The van der Waals surface area contributed by atoms with Crippen LogP contribution < -0.4 is 4.72 Å². The van der Waals surface area contributed by atoms with E-state index in [4.69, 9.17) is 9.96 Å². The van der Waals surface area contributed by atoms with Crippen LogP contribution in [0.15, 0.2) is 0 Å². The highest BCUT2D eigenvalue weighted by Gasteiger charge is 2.48. The standard InChI is InChI=1S/C10H16N4O9S2/c1-22-8(15)5-24(17,18)12-9(11)7-3-2-6-4-13(7)10(16)14(6)23-25(19,20)21/h6-7H,2-5H2,1H3,(H2,11,12)(H,19,20,21). The maximum atomic E-state index is 12.2. The number of amides is 2. The first-order chi connectivity index (χ1) is 11.4. The Balaban J connectivity index is 2.09. The molecule has 15 heteroatoms. The number of nitrogens with one attached hydrogen (secondary N) is 2. The number of hydrogen-bond donors (Lipinski definition) is 3. The zero-order valence-corrected chi connectivity index (χ0v) is 14.5. The maximum absolute atomic E-state index is 12.2. The number of rotatable bonds is 6. The minimum Gasteiger partial charge on any atom is -0.468 e. The van der Waals surface area contributed by atoms with Crippen LogP contribution in [0.2, 0.25) is 0 Å². The van der Waals surface area contributed by atoms with Gasteiger partial charge in [-0.25, -0.2) is 13.2 Å². The molecule has 2 atom stereocenters. The number of hydroxylamine groups is 2. The Kier molecular flexibility index (Phi) is 5.22. The lowest BCUT2D eigenvalue weighted by atomic mass is 10.0. The number of amidine groups is 1. The molecule has 2 amide bonds. The minimum atomic E-state index is -4.90. The second-order valence-corrected chi connectivity index (χ2v) is 8.09. The van der Waals surface area contributed by atoms with Gasteiger partial charge >= 0.3 is 22.4 Å². The number of sulfonamides is 1. The average Bonchev–Trinajstić information content (AvgIpc) is 2.69. The summed E-state index contributed by atoms with van der Waals surface area (Å²) in [6.07, 6.45) is 0.366. The topological polar surface area (TPSA) is 183 Å². The number of esters is 1. The number of carbonyl (C=O) groups is 2. The van der Waals surface area contributed by atoms with Gasteiger partial charge in [-0.2, -0.15) is 13.5 Å². The Labute approximate surface area is 143 Å². The Morgan fingerprint density at radius 2 is 2.00 bits per heavy atom. The number of carbonyl (C=O) groups excluding carboxylic acids is 2. The maximum Gasteiger partial charge on any atom is 0.418 e. The fraction of sp³-hybridized carbons (Fsp3) is 0.700. The van der Waals surface area contributed by atoms with Gasteiger partial charge in [0.1, 0.15) is 5.84 Å². The molecule has 0 saturated carbocycles. The van der Waals surface area contributed by atoms with Crippen molar-refractivity contribution in [3.63, 3.8) is 0 Å². The fourth-order valence-electron chi connectivity index (χ4n) is 2.62. The van der Waals surface area contributed by atoms with Crippen molar-refractivity contribution in [3.8, 4) is 0 Å². The molecule has 0 radical (unpaired) electrons. The highest BCUT2D eigenvalue weighted by molar-refractivity contribution is 7.90. The molecule has 0 aliphatic carbocycles. The van der Waals surface area contributed by atoms with Crippen molar-refractivity contribution in [2.45, 2.75) is 24.9 Å². The van der Waals surface area contributed by atoms with Gasteiger partial charge in [0.05, 0.1) is 19.2 Å². The van der Waals surface area contributed by atoms with Crippen LogP contribution >= 0.6 is 0 Å². The molecular weight excluding hydrogens is 384 g/mol. The van der Waals surface area contributed by atoms with E-state index in [1.807, 2.05) is 4.72 Å². The molecular formula is C10H16N4O9S2. The lowest BCUT2D eigenvalue weighted by molar-refractivity contribution is -0.137. The molecule has 2 aliphatic rings. The number of nitrogens with zero attached hydrogens (tertiary/aromatic N) is 2. The smallest absolute Gasteiger partial charge is 0.418 e. The van der Waals surface area contributed by atoms with Gasteiger partial charge in [0.15, 0.2) is 5.75 Å². The van der Waals surface area contributed by atoms with Crippen LogP contribution in [0.25, 0.3) is 0 Å². The van der Waals surface area contributed by atoms with Crippen molar-refractivity contribution in [3.05, 3.63) is 0 Å². The van der Waals surface area contributed by atoms with E-state index in [-0.39, 0.29) is 19.4 Å². The quantitative estimate of drug-likeness (QED) is 0.197. The van der Waals surface area contributed by atoms with Crippen molar-refractivity contribution in [2.24, 2.45) is 0 Å². The molecule has 3 N–H and O–H groups in total. The molecule has 0 aromatic carbocycles. The second kappa shape index (κ2) is 6.74. The summed E-state index contributed by atoms with van der Waals surface area (Å²) in [5.41, 5.74) is 0. The first kappa shape index (κ1) is 19.4. The van der Waals surface area contributed by atoms with Gasteiger partial charge in [0.25, 0.3) is 0 Å². The number of urea groups is 1. The molecule has 2 aliphatic heterocycles. The van der Waals surface area contributed by atoms with Crippen LogP contribution in [-0.2, 0) is 34.2 Å². The zero-order valence-electron chi connectivity index (χ0n) is 12.9. The van der Waals surface area contributed by atoms with Crippen molar-refractivity contribution in [1.82, 2.24) is 14.7 Å². The summed E-state index contributed by atoms with van der Waals surface area (Å²) in [5.74, 6) is -2.56. The number of ether oxygens (including phenoxy) is 1. The van der Waals surface area contributed by atoms with Crippen LogP contribution in [0.1, 0.15) is 12.8 Å². The van der Waals surface area contributed by atoms with Crippen molar-refractivity contribution in [2.75, 3.05) is 19.4 Å². The first-order valence-electron chi connectivity index (χ1n) is 6.86. The summed E-state index contributed by atoms with van der Waals surface area (Å²) in [6, 6.07) is -2.57. The highest BCUT2D eigenvalue weighted by atomic mass is 32.3. The summed E-state index contributed by atoms with van der Waals surface area (Å²) in [5, 5.41) is 8.34. The SMILES string of the molecule is COC(=O)CS(=O)(=O)NC(=N)C1CCC2CN1C(=O)N2OS(=O)(=O)O. The Hall–Kier alpha value is -1.97. The Morgan fingerprint density at radius 3 is 2.56 bits per heavy atom. The van der Waals surface area contributed by atoms with Crippen LogP contribution in [0.5, 0.6) is 0 Å². The summed E-state index contributed by atoms with van der Waals surface area (Å²) < 4.78 is 64.2. The molecule has 25 heavy (non-hydrogen) atoms. The van der Waals surface area contributed by atoms with Gasteiger partial charge < -0.3 is 9.64 Å². The lowest BCUT2D eigenvalue weighted by Crippen LogP contribution is -2.51. The van der Waals surface area contributed by atoms with Crippen LogP contribution in [0.3, 0.4) is 0 Å². The number of methoxy groups -OCH3 is 1. The molecule has 2 saturated heterocycles. The molecule has 2 fully saturated rings. The summed E-state index contributed by atoms with van der Waals surface area (Å²) >= 11 is 0. The highest BCUT2D eigenvalue weighted by Crippen LogP contribution is 2.30. The molecule has 142 valence electrons. The van der Waals surface area contributed by atoms with E-state index in [0.29, 0.717) is 5.06 Å². The average molecular weight is 400 g/mol. The molecule has 2 bridgehead atoms. The third kappa shape index (κ3) is 4.56. The van der Waals surface area contributed by atoms with Gasteiger partial charge in [-0.1, -0.05) is 0 Å². The summed E-state index contributed by atoms with van der Waals surface area (Å²) in [6.45, 7) is -0.0138. The molecule has 2 unspecified atom stereocenters. The van der Waals surface area contributed by atoms with Gasteiger partial charge in [0, 0.05) is 6.54 Å². The summed E-state index contributed by atoms with van der Waals surface area (Å²) in [7, 11) is -8.08. The molecule has 2 heterocycles. The Morgan fingerprint density at radius 1 is 1.36 bits per heavy atom. The number of hydrogen-bond acceptors (Lipinski definition) is 9. The molecule has 13 nitrogen and oxygen atoms in total. The van der Waals surface area contributed by atoms with Gasteiger partial charge in [-0.3, -0.25) is 19.5 Å². The molecule has 2 rings (SSSR count). The van der Waals surface area contributed by atoms with Crippen LogP contribution in [0, 0.1) is 5.41 Å². The largest absolute Gasteiger partial charge is 0.468 e. The first-order valence-corrected chi connectivity index (χ1v) is 9.88. The third-order valence-electron chi connectivity index (χ3n) is 3.63. The summed E-state index contributed by atoms with van der Waals surface area (Å²) in [4.78, 5) is 24.3. The molecule has 0 aromatic heterocycles. The second-order valence-electron chi connectivity index (χ2n) is 5.36. The van der Waals surface area contributed by atoms with E-state index in [0.717, 1.165) is 12.0 Å². The van der Waals surface area contributed by atoms with E-state index in [1.54, 1.807) is 0 Å². The lowest BCUT2D eigenvalue weighted by Gasteiger charge is -2.30. The molecule has 0 spiro atoms. The van der Waals surface area contributed by atoms with Crippen molar-refractivity contribution < 1.29 is 40.0 Å². The van der Waals surface area contributed by atoms with E-state index in [1.165, 1.54) is 0 Å². The van der Waals surface area contributed by atoms with Crippen molar-refractivity contribution >= 4 is 38.3 Å². The predicted octanol–water partition coefficient (Wildman–Crippen LogP) is -1.94. The number of fused-ring (bicyclic) bond motifs is 2. The Bertz CT molecular complexity index is 793. The van der Waals surface area contributed by atoms with E-state index in [2.05, 4.69) is 9.02 Å². The number of piperidine rings is 1. The predicted molar refractivity (Wildman–Crippen MR) is 80.0 cm³/mol. The van der Waals surface area contributed by atoms with Gasteiger partial charge in [0.2, 0.25) is 10.0 Å². The van der Waals surface area contributed by atoms with E-state index in [9.17, 15) is 26.4 Å². The van der Waals surface area contributed by atoms with Crippen LogP contribution in [-0.4, -0.2) is 80.7 Å². The van der Waals surface area contributed by atoms with E-state index < -0.39 is 56.1 Å². The van der Waals surface area contributed by atoms with Crippen molar-refractivity contribution in [1.29, 1.82) is 5.41 Å². The normalized spacial score (nSPS) is 23.5. The van der Waals surface area contributed by atoms with Gasteiger partial charge in [-0.15, -0.1) is 4.28 Å². The monoisotopic (exact) mass is 400 g/mol. The fourth-order valence-corrected chi connectivity index (χ4v) is 3.98. The third-order valence-corrected chi connectivity index (χ3v) is 5.13. The minimum absolute atomic E-state index is 0.0138. The van der Waals surface area contributed by atoms with E-state index >= 15 is 0 Å². The van der Waals surface area contributed by atoms with Crippen LogP contribution in [0.4, 0.5) is 4.79 Å². The zero-order chi connectivity index (χ0) is 19.0. The molecule has 0 aromatic rings.